The molecule has 2 rings (SSSR count). The third-order valence-electron chi connectivity index (χ3n) is 4.66. The number of hydrogen-bond donors (Lipinski definition) is 3. The molecular weight excluding hydrogens is 364 g/mol. The van der Waals surface area contributed by atoms with Crippen molar-refractivity contribution in [3.05, 3.63) is 39.0 Å². The molecule has 2 aromatic rings. The number of amides is 2. The maximum atomic E-state index is 12.6. The van der Waals surface area contributed by atoms with Crippen LogP contribution in [0.4, 0.5) is 10.5 Å². The van der Waals surface area contributed by atoms with Crippen molar-refractivity contribution in [2.75, 3.05) is 5.32 Å². The summed E-state index contributed by atoms with van der Waals surface area (Å²) < 4.78 is 2.67. The molecule has 0 spiro atoms. The van der Waals surface area contributed by atoms with Gasteiger partial charge in [-0.1, -0.05) is 13.8 Å². The molecule has 0 fully saturated rings. The molecule has 0 saturated carbocycles. The second kappa shape index (κ2) is 8.73. The third kappa shape index (κ3) is 4.41. The molecule has 28 heavy (non-hydrogen) atoms. The lowest BCUT2D eigenvalue weighted by molar-refractivity contribution is -0.116. The van der Waals surface area contributed by atoms with Gasteiger partial charge in [-0.25, -0.2) is 9.59 Å². The first-order chi connectivity index (χ1) is 13.2. The Balaban J connectivity index is 2.36. The van der Waals surface area contributed by atoms with E-state index in [0.717, 1.165) is 4.57 Å². The Morgan fingerprint density at radius 2 is 1.75 bits per heavy atom. The van der Waals surface area contributed by atoms with Gasteiger partial charge in [0.1, 0.15) is 0 Å². The Labute approximate surface area is 162 Å². The van der Waals surface area contributed by atoms with E-state index in [1.54, 1.807) is 25.1 Å². The lowest BCUT2D eigenvalue weighted by Crippen LogP contribution is -2.40. The van der Waals surface area contributed by atoms with Gasteiger partial charge in [0, 0.05) is 31.2 Å². The van der Waals surface area contributed by atoms with Crippen molar-refractivity contribution >= 4 is 28.6 Å². The second-order valence-electron chi connectivity index (χ2n) is 6.86. The number of nitrogens with zero attached hydrogens (tertiary/aromatic N) is 2. The zero-order valence-electron chi connectivity index (χ0n) is 16.5. The van der Waals surface area contributed by atoms with Crippen LogP contribution >= 0.6 is 0 Å². The monoisotopic (exact) mass is 390 g/mol. The Morgan fingerprint density at radius 3 is 2.29 bits per heavy atom. The van der Waals surface area contributed by atoms with Crippen molar-refractivity contribution in [1.82, 2.24) is 14.5 Å². The first-order valence-corrected chi connectivity index (χ1v) is 9.26. The summed E-state index contributed by atoms with van der Waals surface area (Å²) in [5.41, 5.74) is 0.152. The minimum absolute atomic E-state index is 0.0321. The molecule has 2 amide bonds. The summed E-state index contributed by atoms with van der Waals surface area (Å²) in [7, 11) is 0. The highest BCUT2D eigenvalue weighted by Gasteiger charge is 2.20. The van der Waals surface area contributed by atoms with Gasteiger partial charge in [0.2, 0.25) is 5.91 Å². The van der Waals surface area contributed by atoms with Gasteiger partial charge >= 0.3 is 11.8 Å². The molecule has 1 aromatic carbocycles. The number of fused-ring (bicyclic) bond motifs is 1. The summed E-state index contributed by atoms with van der Waals surface area (Å²) in [5.74, 6) is -0.430. The van der Waals surface area contributed by atoms with E-state index in [1.807, 2.05) is 20.8 Å². The highest BCUT2D eigenvalue weighted by atomic mass is 16.4. The van der Waals surface area contributed by atoms with E-state index in [0.29, 0.717) is 23.1 Å². The Morgan fingerprint density at radius 1 is 1.11 bits per heavy atom. The molecule has 0 bridgehead atoms. The average molecular weight is 390 g/mol. The quantitative estimate of drug-likeness (QED) is 0.666. The van der Waals surface area contributed by atoms with Crippen LogP contribution < -0.4 is 21.9 Å². The summed E-state index contributed by atoms with van der Waals surface area (Å²) in [6.07, 6.45) is -1.22. The van der Waals surface area contributed by atoms with E-state index in [9.17, 15) is 19.2 Å². The van der Waals surface area contributed by atoms with Crippen LogP contribution in [-0.2, 0) is 17.9 Å². The summed E-state index contributed by atoms with van der Waals surface area (Å²) in [5, 5.41) is 14.3. The number of aryl methyl sites for hydroxylation is 1. The number of rotatable bonds is 7. The van der Waals surface area contributed by atoms with Crippen LogP contribution in [0, 0.1) is 5.92 Å². The van der Waals surface area contributed by atoms with Crippen LogP contribution in [-0.4, -0.2) is 32.3 Å². The molecule has 1 atom stereocenters. The van der Waals surface area contributed by atoms with Crippen LogP contribution in [0.5, 0.6) is 0 Å². The maximum Gasteiger partial charge on any atom is 0.404 e. The molecule has 1 heterocycles. The predicted molar refractivity (Wildman–Crippen MR) is 107 cm³/mol. The highest BCUT2D eigenvalue weighted by Crippen LogP contribution is 2.17. The highest BCUT2D eigenvalue weighted by molar-refractivity contribution is 5.94. The van der Waals surface area contributed by atoms with Crippen LogP contribution in [0.1, 0.15) is 34.1 Å². The molecule has 1 aromatic heterocycles. The molecule has 3 N–H and O–H groups in total. The Kier molecular flexibility index (Phi) is 6.61. The van der Waals surface area contributed by atoms with Crippen molar-refractivity contribution in [2.45, 2.75) is 53.2 Å². The van der Waals surface area contributed by atoms with Crippen molar-refractivity contribution in [3.8, 4) is 0 Å². The molecule has 0 radical (unpaired) electrons. The minimum Gasteiger partial charge on any atom is -0.465 e. The summed E-state index contributed by atoms with van der Waals surface area (Å²) in [4.78, 5) is 48.3. The zero-order valence-corrected chi connectivity index (χ0v) is 16.5. The predicted octanol–water partition coefficient (Wildman–Crippen LogP) is 1.82. The van der Waals surface area contributed by atoms with Crippen LogP contribution in [0.25, 0.3) is 10.9 Å². The minimum atomic E-state index is -1.19. The van der Waals surface area contributed by atoms with Crippen LogP contribution in [0.15, 0.2) is 27.8 Å². The molecule has 9 heteroatoms. The average Bonchev–Trinajstić information content (AvgIpc) is 2.62. The second-order valence-corrected chi connectivity index (χ2v) is 6.86. The number of nitrogens with one attached hydrogen (secondary N) is 2. The van der Waals surface area contributed by atoms with Crippen molar-refractivity contribution < 1.29 is 14.7 Å². The first kappa shape index (κ1) is 21.2. The molecule has 0 aliphatic rings. The molecule has 0 saturated heterocycles. The molecule has 9 nitrogen and oxygen atoms in total. The van der Waals surface area contributed by atoms with Gasteiger partial charge in [0.05, 0.1) is 10.9 Å². The molecular formula is C19H26N4O5. The number of benzene rings is 1. The number of hydrogen-bond acceptors (Lipinski definition) is 4. The van der Waals surface area contributed by atoms with Gasteiger partial charge in [0.15, 0.2) is 0 Å². The smallest absolute Gasteiger partial charge is 0.404 e. The van der Waals surface area contributed by atoms with Gasteiger partial charge in [-0.2, -0.15) is 0 Å². The van der Waals surface area contributed by atoms with Gasteiger partial charge in [-0.3, -0.25) is 18.7 Å². The third-order valence-corrected chi connectivity index (χ3v) is 4.66. The van der Waals surface area contributed by atoms with Gasteiger partial charge in [0.25, 0.3) is 5.56 Å². The van der Waals surface area contributed by atoms with E-state index >= 15 is 0 Å². The van der Waals surface area contributed by atoms with E-state index in [4.69, 9.17) is 5.11 Å². The van der Waals surface area contributed by atoms with Crippen molar-refractivity contribution in [2.24, 2.45) is 5.92 Å². The van der Waals surface area contributed by atoms with Gasteiger partial charge in [-0.05, 0) is 38.0 Å². The van der Waals surface area contributed by atoms with E-state index in [-0.39, 0.29) is 30.5 Å². The van der Waals surface area contributed by atoms with E-state index in [1.165, 1.54) is 4.57 Å². The SMILES string of the molecule is CCn1c(=O)c2cc(NC(=O)CC(NC(=O)O)C(C)C)ccc2n(CC)c1=O. The van der Waals surface area contributed by atoms with Crippen LogP contribution in [0.3, 0.4) is 0 Å². The molecule has 0 aliphatic carbocycles. The number of carbonyl (C=O) groups excluding carboxylic acids is 1. The summed E-state index contributed by atoms with van der Waals surface area (Å²) in [6, 6.07) is 4.27. The number of carboxylic acid groups (broad SMARTS) is 1. The standard InChI is InChI=1S/C19H26N4O5/c1-5-22-15-8-7-12(9-13(15)17(25)23(6-2)19(22)28)20-16(24)10-14(11(3)4)21-18(26)27/h7-9,11,14,21H,5-6,10H2,1-4H3,(H,20,24)(H,26,27). The fraction of sp³-hybridized carbons (Fsp3) is 0.474. The Bertz CT molecular complexity index is 1010. The van der Waals surface area contributed by atoms with E-state index in [2.05, 4.69) is 10.6 Å². The van der Waals surface area contributed by atoms with Crippen molar-refractivity contribution in [1.29, 1.82) is 0 Å². The fourth-order valence-corrected chi connectivity index (χ4v) is 3.11. The van der Waals surface area contributed by atoms with Gasteiger partial charge < -0.3 is 15.7 Å². The van der Waals surface area contributed by atoms with Gasteiger partial charge in [-0.15, -0.1) is 0 Å². The normalized spacial score (nSPS) is 12.2. The molecule has 1 unspecified atom stereocenters. The van der Waals surface area contributed by atoms with Crippen LogP contribution in [0.2, 0.25) is 0 Å². The summed E-state index contributed by atoms with van der Waals surface area (Å²) in [6.45, 7) is 7.85. The van der Waals surface area contributed by atoms with Crippen molar-refractivity contribution in [3.63, 3.8) is 0 Å². The number of carbonyl (C=O) groups is 2. The maximum absolute atomic E-state index is 12.6. The summed E-state index contributed by atoms with van der Waals surface area (Å²) >= 11 is 0. The number of anilines is 1. The lowest BCUT2D eigenvalue weighted by atomic mass is 10.0. The topological polar surface area (TPSA) is 122 Å². The largest absolute Gasteiger partial charge is 0.465 e. The molecule has 152 valence electrons. The Hall–Kier alpha value is -3.10. The number of aromatic nitrogens is 2. The fourth-order valence-electron chi connectivity index (χ4n) is 3.11. The lowest BCUT2D eigenvalue weighted by Gasteiger charge is -2.20. The first-order valence-electron chi connectivity index (χ1n) is 9.26. The van der Waals surface area contributed by atoms with E-state index < -0.39 is 17.7 Å². The zero-order chi connectivity index (χ0) is 21.0. The molecule has 0 aliphatic heterocycles.